The van der Waals surface area contributed by atoms with E-state index in [9.17, 15) is 17.3 Å². The second kappa shape index (κ2) is 2.77. The molecule has 0 aliphatic carbocycles. The molecule has 1 aromatic carbocycles. The Bertz CT molecular complexity index is 474. The molecule has 0 atom stereocenters. The molecule has 0 bridgehead atoms. The molecule has 1 heterocycles. The average Bonchev–Trinajstić information content (AvgIpc) is 2.48. The van der Waals surface area contributed by atoms with Crippen LogP contribution in [0.4, 0.5) is 17.3 Å². The lowest BCUT2D eigenvalue weighted by Crippen LogP contribution is -2.37. The van der Waals surface area contributed by atoms with E-state index in [1.54, 1.807) is 0 Å². The minimum Gasteiger partial charge on any atom is -0.467 e. The third-order valence-electron chi connectivity index (χ3n) is 1.93. The van der Waals surface area contributed by atoms with Gasteiger partial charge in [0.25, 0.3) is 0 Å². The second-order valence-corrected chi connectivity index (χ2v) is 2.87. The third-order valence-corrected chi connectivity index (χ3v) is 1.93. The summed E-state index contributed by atoms with van der Waals surface area (Å²) in [5, 5.41) is 0.251. The van der Waals surface area contributed by atoms with Crippen LogP contribution in [0.1, 0.15) is 0 Å². The van der Waals surface area contributed by atoms with E-state index in [2.05, 4.69) is 4.42 Å². The van der Waals surface area contributed by atoms with E-state index in [0.29, 0.717) is 0 Å². The zero-order valence-corrected chi connectivity index (χ0v) is 6.81. The Morgan fingerprint density at radius 1 is 1.07 bits per heavy atom. The van der Waals surface area contributed by atoms with Crippen LogP contribution in [0.5, 0.6) is 0 Å². The lowest BCUT2D eigenvalue weighted by molar-refractivity contribution is 0.492. The smallest absolute Gasteiger partial charge is 0.467 e. The summed E-state index contributed by atoms with van der Waals surface area (Å²) in [6.45, 7) is -5.38. The molecule has 0 amide bonds. The van der Waals surface area contributed by atoms with Crippen LogP contribution >= 0.6 is 0 Å². The topological polar surface area (TPSA) is 13.1 Å². The van der Waals surface area contributed by atoms with Gasteiger partial charge >= 0.3 is 6.98 Å². The van der Waals surface area contributed by atoms with E-state index in [4.69, 9.17) is 0 Å². The van der Waals surface area contributed by atoms with Crippen LogP contribution in [-0.4, -0.2) is 6.98 Å². The van der Waals surface area contributed by atoms with Crippen molar-refractivity contribution in [3.8, 4) is 0 Å². The first-order valence-electron chi connectivity index (χ1n) is 3.85. The fourth-order valence-corrected chi connectivity index (χ4v) is 1.34. The molecule has 1 nitrogen and oxygen atoms in total. The lowest BCUT2D eigenvalue weighted by atomic mass is 9.79. The molecule has 0 unspecified atom stereocenters. The molecule has 74 valence electrons. The Morgan fingerprint density at radius 3 is 2.43 bits per heavy atom. The average molecular weight is 203 g/mol. The monoisotopic (exact) mass is 203 g/mol. The number of hydrogen-bond donors (Lipinski definition) is 0. The van der Waals surface area contributed by atoms with Gasteiger partial charge in [-0.2, -0.15) is 0 Å². The van der Waals surface area contributed by atoms with Gasteiger partial charge in [-0.15, -0.1) is 0 Å². The van der Waals surface area contributed by atoms with Crippen LogP contribution in [0.15, 0.2) is 28.9 Å². The summed E-state index contributed by atoms with van der Waals surface area (Å²) in [6.07, 6.45) is 1.11. The molecule has 0 radical (unpaired) electrons. The van der Waals surface area contributed by atoms with Crippen molar-refractivity contribution in [3.05, 3.63) is 30.3 Å². The van der Waals surface area contributed by atoms with Crippen molar-refractivity contribution in [1.29, 1.82) is 0 Å². The van der Waals surface area contributed by atoms with Gasteiger partial charge in [-0.05, 0) is 23.7 Å². The van der Waals surface area contributed by atoms with Crippen LogP contribution in [0.2, 0.25) is 0 Å². The Labute approximate surface area is 76.4 Å². The van der Waals surface area contributed by atoms with Gasteiger partial charge < -0.3 is 17.4 Å². The Morgan fingerprint density at radius 2 is 1.79 bits per heavy atom. The summed E-state index contributed by atoms with van der Waals surface area (Å²) < 4.78 is 54.8. The number of hydrogen-bond acceptors (Lipinski definition) is 1. The Kier molecular flexibility index (Phi) is 1.80. The predicted molar refractivity (Wildman–Crippen MR) is 44.9 cm³/mol. The van der Waals surface area contributed by atoms with Crippen LogP contribution in [0, 0.1) is 5.82 Å². The molecular formula is C8H4BF4O-. The van der Waals surface area contributed by atoms with E-state index in [0.717, 1.165) is 12.3 Å². The molecule has 0 spiro atoms. The van der Waals surface area contributed by atoms with Crippen LogP contribution in [0.3, 0.4) is 0 Å². The molecule has 6 heteroatoms. The molecule has 2 aromatic rings. The zero-order valence-electron chi connectivity index (χ0n) is 6.81. The van der Waals surface area contributed by atoms with Gasteiger partial charge in [0, 0.05) is 5.39 Å². The summed E-state index contributed by atoms with van der Waals surface area (Å²) in [7, 11) is 0. The standard InChI is InChI=1S/C8H4BF4O/c10-6-2-1-5-3-4-14-8(5)7(6)9(11,12)13/h1-4H/q-1. The number of benzene rings is 1. The first-order valence-corrected chi connectivity index (χ1v) is 3.85. The first kappa shape index (κ1) is 9.11. The van der Waals surface area contributed by atoms with Gasteiger partial charge in [0.05, 0.1) is 12.1 Å². The van der Waals surface area contributed by atoms with E-state index in [1.165, 1.54) is 12.1 Å². The zero-order chi connectivity index (χ0) is 10.3. The highest BCUT2D eigenvalue weighted by Gasteiger charge is 2.32. The molecule has 14 heavy (non-hydrogen) atoms. The molecule has 0 N–H and O–H groups in total. The van der Waals surface area contributed by atoms with Crippen molar-refractivity contribution in [2.75, 3.05) is 0 Å². The van der Waals surface area contributed by atoms with Gasteiger partial charge in [0.15, 0.2) is 0 Å². The van der Waals surface area contributed by atoms with Crippen molar-refractivity contribution in [1.82, 2.24) is 0 Å². The van der Waals surface area contributed by atoms with Crippen molar-refractivity contribution >= 4 is 23.4 Å². The van der Waals surface area contributed by atoms with E-state index >= 15 is 0 Å². The molecule has 2 rings (SSSR count). The Hall–Kier alpha value is -1.46. The maximum Gasteiger partial charge on any atom is 0.516 e. The van der Waals surface area contributed by atoms with Crippen molar-refractivity contribution in [3.63, 3.8) is 0 Å². The van der Waals surface area contributed by atoms with Crippen LogP contribution in [0.25, 0.3) is 11.0 Å². The highest BCUT2D eigenvalue weighted by molar-refractivity contribution is 6.75. The largest absolute Gasteiger partial charge is 0.516 e. The van der Waals surface area contributed by atoms with Gasteiger partial charge in [-0.3, -0.25) is 0 Å². The fourth-order valence-electron chi connectivity index (χ4n) is 1.34. The van der Waals surface area contributed by atoms with E-state index < -0.39 is 23.8 Å². The maximum absolute atomic E-state index is 12.9. The SMILES string of the molecule is Fc1ccc2ccoc2c1[B-](F)(F)F. The van der Waals surface area contributed by atoms with Crippen LogP contribution in [-0.2, 0) is 0 Å². The molecule has 0 saturated heterocycles. The molecular weight excluding hydrogens is 199 g/mol. The summed E-state index contributed by atoms with van der Waals surface area (Å²) in [5.41, 5.74) is -1.72. The normalized spacial score (nSPS) is 12.3. The van der Waals surface area contributed by atoms with Crippen LogP contribution < -0.4 is 5.46 Å². The summed E-state index contributed by atoms with van der Waals surface area (Å²) in [4.78, 5) is 0. The molecule has 0 fully saturated rings. The minimum atomic E-state index is -5.38. The number of furan rings is 1. The van der Waals surface area contributed by atoms with Crippen molar-refractivity contribution < 1.29 is 21.8 Å². The fraction of sp³-hybridized carbons (Fsp3) is 0. The molecule has 0 saturated carbocycles. The summed E-state index contributed by atoms with van der Waals surface area (Å²) in [6, 6.07) is 3.40. The lowest BCUT2D eigenvalue weighted by Gasteiger charge is -2.15. The summed E-state index contributed by atoms with van der Waals surface area (Å²) >= 11 is 0. The molecule has 0 aliphatic heterocycles. The maximum atomic E-state index is 12.9. The molecule has 1 aromatic heterocycles. The van der Waals surface area contributed by atoms with Gasteiger partial charge in [0.1, 0.15) is 5.58 Å². The van der Waals surface area contributed by atoms with Gasteiger partial charge in [-0.1, -0.05) is 0 Å². The van der Waals surface area contributed by atoms with Gasteiger partial charge in [-0.25, -0.2) is 4.39 Å². The number of halogens is 4. The highest BCUT2D eigenvalue weighted by Crippen LogP contribution is 2.21. The number of fused-ring (bicyclic) bond motifs is 1. The minimum absolute atomic E-state index is 0.251. The first-order chi connectivity index (χ1) is 6.50. The third kappa shape index (κ3) is 1.27. The van der Waals surface area contributed by atoms with Crippen molar-refractivity contribution in [2.24, 2.45) is 0 Å². The van der Waals surface area contributed by atoms with Crippen molar-refractivity contribution in [2.45, 2.75) is 0 Å². The van der Waals surface area contributed by atoms with E-state index in [1.807, 2.05) is 0 Å². The quantitative estimate of drug-likeness (QED) is 0.512. The Balaban J connectivity index is 2.83. The predicted octanol–water partition coefficient (Wildman–Crippen LogP) is 2.63. The van der Waals surface area contributed by atoms with E-state index in [-0.39, 0.29) is 5.39 Å². The van der Waals surface area contributed by atoms with Gasteiger partial charge in [0.2, 0.25) is 0 Å². The number of rotatable bonds is 1. The highest BCUT2D eigenvalue weighted by atomic mass is 19.4. The molecule has 0 aliphatic rings. The second-order valence-electron chi connectivity index (χ2n) is 2.87. The summed E-state index contributed by atoms with van der Waals surface area (Å²) in [5.74, 6) is -1.29.